The van der Waals surface area contributed by atoms with E-state index in [-0.39, 0.29) is 0 Å². The van der Waals surface area contributed by atoms with Crippen molar-refractivity contribution in [3.63, 3.8) is 0 Å². The van der Waals surface area contributed by atoms with E-state index in [1.807, 2.05) is 36.4 Å². The standard InChI is InChI=1S/C17H21NO2S/c1-12(2)13-4-7-16(8-5-13)21(19)11-14-10-15(18)6-9-17(14)20-3/h4-10,12H,11,18H2,1-3H3. The lowest BCUT2D eigenvalue weighted by molar-refractivity contribution is 0.411. The predicted molar refractivity (Wildman–Crippen MR) is 88.0 cm³/mol. The van der Waals surface area contributed by atoms with E-state index in [1.54, 1.807) is 13.2 Å². The zero-order chi connectivity index (χ0) is 15.4. The number of rotatable bonds is 5. The van der Waals surface area contributed by atoms with Gasteiger partial charge in [0.1, 0.15) is 5.75 Å². The van der Waals surface area contributed by atoms with Crippen LogP contribution < -0.4 is 10.5 Å². The van der Waals surface area contributed by atoms with Gasteiger partial charge in [-0.05, 0) is 41.8 Å². The Balaban J connectivity index is 2.19. The van der Waals surface area contributed by atoms with Gasteiger partial charge in [0.25, 0.3) is 0 Å². The maximum atomic E-state index is 12.5. The van der Waals surface area contributed by atoms with Crippen LogP contribution in [0, 0.1) is 0 Å². The second-order valence-electron chi connectivity index (χ2n) is 5.28. The Kier molecular flexibility index (Phi) is 5.02. The number of anilines is 1. The summed E-state index contributed by atoms with van der Waals surface area (Å²) in [5.41, 5.74) is 8.56. The van der Waals surface area contributed by atoms with Crippen molar-refractivity contribution in [1.29, 1.82) is 0 Å². The second-order valence-corrected chi connectivity index (χ2v) is 6.74. The molecule has 21 heavy (non-hydrogen) atoms. The van der Waals surface area contributed by atoms with Crippen molar-refractivity contribution in [3.05, 3.63) is 53.6 Å². The number of methoxy groups -OCH3 is 1. The molecule has 2 aromatic carbocycles. The Labute approximate surface area is 128 Å². The van der Waals surface area contributed by atoms with Crippen LogP contribution in [0.5, 0.6) is 5.75 Å². The van der Waals surface area contributed by atoms with Crippen molar-refractivity contribution in [2.24, 2.45) is 0 Å². The Bertz CT molecular complexity index is 636. The summed E-state index contributed by atoms with van der Waals surface area (Å²) in [7, 11) is 0.495. The summed E-state index contributed by atoms with van der Waals surface area (Å²) < 4.78 is 17.8. The molecule has 0 fully saturated rings. The molecule has 0 amide bonds. The van der Waals surface area contributed by atoms with Crippen LogP contribution in [0.2, 0.25) is 0 Å². The molecule has 2 aromatic rings. The van der Waals surface area contributed by atoms with E-state index in [4.69, 9.17) is 10.5 Å². The molecule has 0 saturated carbocycles. The summed E-state index contributed by atoms with van der Waals surface area (Å²) in [6.45, 7) is 4.28. The van der Waals surface area contributed by atoms with Crippen molar-refractivity contribution >= 4 is 16.5 Å². The molecule has 1 unspecified atom stereocenters. The molecule has 112 valence electrons. The highest BCUT2D eigenvalue weighted by Gasteiger charge is 2.10. The fourth-order valence-electron chi connectivity index (χ4n) is 2.14. The molecular formula is C17H21NO2S. The zero-order valence-corrected chi connectivity index (χ0v) is 13.4. The fourth-order valence-corrected chi connectivity index (χ4v) is 3.25. The molecule has 0 heterocycles. The van der Waals surface area contributed by atoms with Crippen molar-refractivity contribution < 1.29 is 8.95 Å². The molecular weight excluding hydrogens is 282 g/mol. The lowest BCUT2D eigenvalue weighted by atomic mass is 10.0. The van der Waals surface area contributed by atoms with Gasteiger partial charge in [-0.1, -0.05) is 26.0 Å². The van der Waals surface area contributed by atoms with Gasteiger partial charge in [0.2, 0.25) is 0 Å². The fraction of sp³-hybridized carbons (Fsp3) is 0.294. The summed E-state index contributed by atoms with van der Waals surface area (Å²) in [4.78, 5) is 0.823. The molecule has 0 saturated heterocycles. The molecule has 0 radical (unpaired) electrons. The van der Waals surface area contributed by atoms with Crippen LogP contribution in [0.15, 0.2) is 47.4 Å². The van der Waals surface area contributed by atoms with Gasteiger partial charge in [-0.15, -0.1) is 0 Å². The molecule has 0 aliphatic carbocycles. The minimum absolute atomic E-state index is 0.398. The van der Waals surface area contributed by atoms with Gasteiger partial charge in [0, 0.05) is 16.1 Å². The van der Waals surface area contributed by atoms with E-state index >= 15 is 0 Å². The largest absolute Gasteiger partial charge is 0.496 e. The van der Waals surface area contributed by atoms with E-state index in [0.717, 1.165) is 16.2 Å². The molecule has 0 aliphatic rings. The maximum absolute atomic E-state index is 12.5. The number of nitrogens with two attached hydrogens (primary N) is 1. The highest BCUT2D eigenvalue weighted by Crippen LogP contribution is 2.25. The zero-order valence-electron chi connectivity index (χ0n) is 12.6. The third-order valence-corrected chi connectivity index (χ3v) is 4.77. The van der Waals surface area contributed by atoms with Gasteiger partial charge >= 0.3 is 0 Å². The van der Waals surface area contributed by atoms with E-state index in [2.05, 4.69) is 13.8 Å². The van der Waals surface area contributed by atoms with E-state index in [1.165, 1.54) is 5.56 Å². The minimum atomic E-state index is -1.11. The summed E-state index contributed by atoms with van der Waals surface area (Å²) in [5.74, 6) is 1.59. The first-order valence-electron chi connectivity index (χ1n) is 6.92. The highest BCUT2D eigenvalue weighted by molar-refractivity contribution is 7.84. The lowest BCUT2D eigenvalue weighted by Crippen LogP contribution is -2.01. The summed E-state index contributed by atoms with van der Waals surface area (Å²) in [6, 6.07) is 13.4. The molecule has 0 aromatic heterocycles. The molecule has 1 atom stereocenters. The highest BCUT2D eigenvalue weighted by atomic mass is 32.2. The van der Waals surface area contributed by atoms with Gasteiger partial charge in [-0.2, -0.15) is 0 Å². The van der Waals surface area contributed by atoms with E-state index in [9.17, 15) is 4.21 Å². The third-order valence-electron chi connectivity index (χ3n) is 3.40. The van der Waals surface area contributed by atoms with Crippen LogP contribution in [0.25, 0.3) is 0 Å². The Morgan fingerprint density at radius 3 is 2.38 bits per heavy atom. The molecule has 0 bridgehead atoms. The van der Waals surface area contributed by atoms with Gasteiger partial charge in [0.05, 0.1) is 23.7 Å². The Morgan fingerprint density at radius 2 is 1.81 bits per heavy atom. The van der Waals surface area contributed by atoms with Gasteiger partial charge in [0.15, 0.2) is 0 Å². The van der Waals surface area contributed by atoms with Crippen molar-refractivity contribution in [2.45, 2.75) is 30.4 Å². The monoisotopic (exact) mass is 303 g/mol. The number of hydrogen-bond acceptors (Lipinski definition) is 3. The molecule has 2 rings (SSSR count). The number of hydrogen-bond donors (Lipinski definition) is 1. The first kappa shape index (κ1) is 15.6. The average molecular weight is 303 g/mol. The van der Waals surface area contributed by atoms with Crippen LogP contribution in [0.3, 0.4) is 0 Å². The summed E-state index contributed by atoms with van der Waals surface area (Å²) in [6.07, 6.45) is 0. The SMILES string of the molecule is COc1ccc(N)cc1CS(=O)c1ccc(C(C)C)cc1. The molecule has 3 nitrogen and oxygen atoms in total. The summed E-state index contributed by atoms with van der Waals surface area (Å²) in [5, 5.41) is 0. The molecule has 0 aliphatic heterocycles. The predicted octanol–water partition coefficient (Wildman–Crippen LogP) is 3.71. The van der Waals surface area contributed by atoms with Crippen LogP contribution in [0.4, 0.5) is 5.69 Å². The van der Waals surface area contributed by atoms with Gasteiger partial charge in [-0.3, -0.25) is 4.21 Å². The normalized spacial score (nSPS) is 12.4. The molecule has 4 heteroatoms. The first-order valence-corrected chi connectivity index (χ1v) is 8.24. The maximum Gasteiger partial charge on any atom is 0.123 e. The molecule has 0 spiro atoms. The second kappa shape index (κ2) is 6.76. The van der Waals surface area contributed by atoms with Crippen molar-refractivity contribution in [3.8, 4) is 5.75 Å². The molecule has 2 N–H and O–H groups in total. The van der Waals surface area contributed by atoms with E-state index < -0.39 is 10.8 Å². The quantitative estimate of drug-likeness (QED) is 0.857. The Morgan fingerprint density at radius 1 is 1.14 bits per heavy atom. The number of nitrogen functional groups attached to an aromatic ring is 1. The minimum Gasteiger partial charge on any atom is -0.496 e. The van der Waals surface area contributed by atoms with Crippen LogP contribution in [-0.2, 0) is 16.6 Å². The van der Waals surface area contributed by atoms with Crippen LogP contribution in [0.1, 0.15) is 30.9 Å². The van der Waals surface area contributed by atoms with Crippen LogP contribution >= 0.6 is 0 Å². The topological polar surface area (TPSA) is 52.3 Å². The third kappa shape index (κ3) is 3.85. The first-order chi connectivity index (χ1) is 10.0. The smallest absolute Gasteiger partial charge is 0.123 e. The van der Waals surface area contributed by atoms with Crippen molar-refractivity contribution in [1.82, 2.24) is 0 Å². The summed E-state index contributed by atoms with van der Waals surface area (Å²) >= 11 is 0. The Hall–Kier alpha value is -1.81. The van der Waals surface area contributed by atoms with Crippen molar-refractivity contribution in [2.75, 3.05) is 12.8 Å². The van der Waals surface area contributed by atoms with E-state index in [0.29, 0.717) is 17.4 Å². The van der Waals surface area contributed by atoms with Gasteiger partial charge < -0.3 is 10.5 Å². The van der Waals surface area contributed by atoms with Gasteiger partial charge in [-0.25, -0.2) is 0 Å². The number of benzene rings is 2. The van der Waals surface area contributed by atoms with Crippen LogP contribution in [-0.4, -0.2) is 11.3 Å². The lowest BCUT2D eigenvalue weighted by Gasteiger charge is -2.10. The average Bonchev–Trinajstić information content (AvgIpc) is 2.47. The number of ether oxygens (including phenoxy) is 1.